The molecule has 0 saturated carbocycles. The molecule has 0 aliphatic heterocycles. The van der Waals surface area contributed by atoms with E-state index in [1.807, 2.05) is 30.3 Å². The summed E-state index contributed by atoms with van der Waals surface area (Å²) in [6.07, 6.45) is 5.06. The molecule has 0 radical (unpaired) electrons. The first-order valence-electron chi connectivity index (χ1n) is 13.7. The predicted molar refractivity (Wildman–Crippen MR) is 156 cm³/mol. The van der Waals surface area contributed by atoms with Crippen LogP contribution < -0.4 is 14.2 Å². The highest BCUT2D eigenvalue weighted by Crippen LogP contribution is 2.45. The maximum atomic E-state index is 11.4. The molecule has 0 aliphatic carbocycles. The molecule has 212 valence electrons. The zero-order valence-corrected chi connectivity index (χ0v) is 24.4. The Morgan fingerprint density at radius 3 is 1.72 bits per heavy atom. The van der Waals surface area contributed by atoms with Crippen molar-refractivity contribution in [3.05, 3.63) is 70.8 Å². The van der Waals surface area contributed by atoms with Crippen LogP contribution >= 0.6 is 0 Å². The summed E-state index contributed by atoms with van der Waals surface area (Å²) >= 11 is 0. The van der Waals surface area contributed by atoms with Crippen LogP contribution in [-0.2, 0) is 23.7 Å². The topological polar surface area (TPSA) is 88.4 Å². The van der Waals surface area contributed by atoms with E-state index in [9.17, 15) is 15.3 Å². The summed E-state index contributed by atoms with van der Waals surface area (Å²) in [5, 5.41) is 31.6. The van der Waals surface area contributed by atoms with Gasteiger partial charge in [-0.1, -0.05) is 58.7 Å². The Morgan fingerprint density at radius 2 is 1.13 bits per heavy atom. The molecule has 2 atom stereocenters. The minimum absolute atomic E-state index is 0.103. The average molecular weight is 537 g/mol. The molecule has 6 heteroatoms. The molecular weight excluding hydrogens is 492 g/mol. The van der Waals surface area contributed by atoms with Crippen molar-refractivity contribution in [2.75, 3.05) is 21.3 Å². The Balaban J connectivity index is 2.11. The van der Waals surface area contributed by atoms with Crippen molar-refractivity contribution >= 4 is 0 Å². The lowest BCUT2D eigenvalue weighted by Crippen LogP contribution is -2.27. The van der Waals surface area contributed by atoms with Crippen molar-refractivity contribution in [3.8, 4) is 34.5 Å². The van der Waals surface area contributed by atoms with Crippen LogP contribution in [-0.4, -0.2) is 36.6 Å². The van der Waals surface area contributed by atoms with E-state index in [-0.39, 0.29) is 22.7 Å². The first-order chi connectivity index (χ1) is 18.5. The highest BCUT2D eigenvalue weighted by Gasteiger charge is 2.33. The molecule has 0 bridgehead atoms. The number of phenolic OH excluding ortho intramolecular Hbond substituents is 3. The van der Waals surface area contributed by atoms with Crippen molar-refractivity contribution in [1.82, 2.24) is 0 Å². The number of hydrogen-bond donors (Lipinski definition) is 3. The number of benzene rings is 3. The van der Waals surface area contributed by atoms with Crippen LogP contribution in [0, 0.1) is 0 Å². The van der Waals surface area contributed by atoms with E-state index in [1.165, 1.54) is 0 Å². The quantitative estimate of drug-likeness (QED) is 0.211. The second-order valence-electron chi connectivity index (χ2n) is 11.1. The monoisotopic (exact) mass is 536 g/mol. The first kappa shape index (κ1) is 30.0. The van der Waals surface area contributed by atoms with Gasteiger partial charge in [-0.25, -0.2) is 0 Å². The SMILES string of the molecule is CCCC(C)(Cc1cc(OC)c(O)c(C(C)(CCC)Cc2ccc(O)c(OC)c2)c1)c1ccc(O)c(OC)c1. The van der Waals surface area contributed by atoms with Crippen LogP contribution in [0.4, 0.5) is 0 Å². The molecule has 0 heterocycles. The molecule has 2 unspecified atom stereocenters. The van der Waals surface area contributed by atoms with Crippen LogP contribution in [0.3, 0.4) is 0 Å². The summed E-state index contributed by atoms with van der Waals surface area (Å²) in [6, 6.07) is 15.0. The van der Waals surface area contributed by atoms with E-state index in [0.29, 0.717) is 30.1 Å². The molecule has 3 N–H and O–H groups in total. The number of methoxy groups -OCH3 is 3. The van der Waals surface area contributed by atoms with E-state index < -0.39 is 5.41 Å². The van der Waals surface area contributed by atoms with E-state index in [1.54, 1.807) is 33.5 Å². The van der Waals surface area contributed by atoms with Gasteiger partial charge in [0.25, 0.3) is 0 Å². The van der Waals surface area contributed by atoms with Gasteiger partial charge in [0.15, 0.2) is 34.5 Å². The second-order valence-corrected chi connectivity index (χ2v) is 11.1. The minimum atomic E-state index is -0.396. The van der Waals surface area contributed by atoms with Crippen LogP contribution in [0.25, 0.3) is 0 Å². The highest BCUT2D eigenvalue weighted by molar-refractivity contribution is 5.54. The lowest BCUT2D eigenvalue weighted by atomic mass is 9.71. The van der Waals surface area contributed by atoms with Crippen LogP contribution in [0.2, 0.25) is 0 Å². The summed E-state index contributed by atoms with van der Waals surface area (Å²) in [5.41, 5.74) is 3.37. The Bertz CT molecular complexity index is 1270. The number of phenols is 3. The van der Waals surface area contributed by atoms with Gasteiger partial charge in [0, 0.05) is 11.0 Å². The molecule has 0 amide bonds. The number of ether oxygens (including phenoxy) is 3. The predicted octanol–water partition coefficient (Wildman–Crippen LogP) is 7.43. The fourth-order valence-corrected chi connectivity index (χ4v) is 5.93. The lowest BCUT2D eigenvalue weighted by Gasteiger charge is -2.34. The molecule has 3 aromatic carbocycles. The zero-order valence-electron chi connectivity index (χ0n) is 24.4. The maximum absolute atomic E-state index is 11.4. The van der Waals surface area contributed by atoms with E-state index in [0.717, 1.165) is 47.9 Å². The molecule has 0 aliphatic rings. The third-order valence-electron chi connectivity index (χ3n) is 7.92. The van der Waals surface area contributed by atoms with Crippen LogP contribution in [0.1, 0.15) is 75.6 Å². The van der Waals surface area contributed by atoms with Crippen molar-refractivity contribution in [1.29, 1.82) is 0 Å². The van der Waals surface area contributed by atoms with Crippen LogP contribution in [0.5, 0.6) is 34.5 Å². The first-order valence-corrected chi connectivity index (χ1v) is 13.7. The number of aromatic hydroxyl groups is 3. The molecule has 0 aromatic heterocycles. The number of hydrogen-bond acceptors (Lipinski definition) is 6. The van der Waals surface area contributed by atoms with E-state index >= 15 is 0 Å². The highest BCUT2D eigenvalue weighted by atomic mass is 16.5. The van der Waals surface area contributed by atoms with Crippen molar-refractivity contribution in [2.24, 2.45) is 0 Å². The Kier molecular flexibility index (Phi) is 9.65. The summed E-state index contributed by atoms with van der Waals surface area (Å²) in [7, 11) is 4.69. The molecule has 6 nitrogen and oxygen atoms in total. The summed E-state index contributed by atoms with van der Waals surface area (Å²) in [4.78, 5) is 0. The summed E-state index contributed by atoms with van der Waals surface area (Å²) < 4.78 is 16.4. The Hall–Kier alpha value is -3.54. The van der Waals surface area contributed by atoms with Gasteiger partial charge in [-0.05, 0) is 78.1 Å². The number of rotatable bonds is 13. The molecule has 3 aromatic rings. The average Bonchev–Trinajstić information content (AvgIpc) is 2.91. The fraction of sp³-hybridized carbons (Fsp3) is 0.455. The minimum Gasteiger partial charge on any atom is -0.504 e. The van der Waals surface area contributed by atoms with Gasteiger partial charge < -0.3 is 29.5 Å². The van der Waals surface area contributed by atoms with Gasteiger partial charge in [0.1, 0.15) is 0 Å². The lowest BCUT2D eigenvalue weighted by molar-refractivity contribution is 0.346. The smallest absolute Gasteiger partial charge is 0.161 e. The van der Waals surface area contributed by atoms with E-state index in [4.69, 9.17) is 14.2 Å². The van der Waals surface area contributed by atoms with Crippen molar-refractivity contribution in [2.45, 2.75) is 77.0 Å². The maximum Gasteiger partial charge on any atom is 0.161 e. The van der Waals surface area contributed by atoms with Gasteiger partial charge in [-0.15, -0.1) is 0 Å². The standard InChI is InChI=1S/C33H44O6/c1-8-14-32(3,24-11-13-27(35)29(19-24)38-6)21-23-16-25(31(36)30(18-23)39-7)33(4,15-9-2)20-22-10-12-26(34)28(17-22)37-5/h10-13,16-19,34-36H,8-9,14-15,20-21H2,1-7H3. The van der Waals surface area contributed by atoms with Crippen LogP contribution in [0.15, 0.2) is 48.5 Å². The molecule has 0 saturated heterocycles. The third-order valence-corrected chi connectivity index (χ3v) is 7.92. The molecule has 0 fully saturated rings. The van der Waals surface area contributed by atoms with Gasteiger partial charge >= 0.3 is 0 Å². The summed E-state index contributed by atoms with van der Waals surface area (Å²) in [6.45, 7) is 8.72. The van der Waals surface area contributed by atoms with E-state index in [2.05, 4.69) is 33.8 Å². The van der Waals surface area contributed by atoms with Crippen molar-refractivity contribution < 1.29 is 29.5 Å². The van der Waals surface area contributed by atoms with Crippen molar-refractivity contribution in [3.63, 3.8) is 0 Å². The van der Waals surface area contributed by atoms with Gasteiger partial charge in [-0.2, -0.15) is 0 Å². The molecular formula is C33H44O6. The normalized spacial score (nSPS) is 14.3. The fourth-order valence-electron chi connectivity index (χ4n) is 5.93. The molecule has 39 heavy (non-hydrogen) atoms. The van der Waals surface area contributed by atoms with Gasteiger partial charge in [0.05, 0.1) is 21.3 Å². The zero-order chi connectivity index (χ0) is 28.8. The third kappa shape index (κ3) is 6.55. The van der Waals surface area contributed by atoms with Gasteiger partial charge in [-0.3, -0.25) is 0 Å². The second kappa shape index (κ2) is 12.5. The van der Waals surface area contributed by atoms with Gasteiger partial charge in [0.2, 0.25) is 0 Å². The molecule has 0 spiro atoms. The Morgan fingerprint density at radius 1 is 0.615 bits per heavy atom. The Labute approximate surface area is 233 Å². The largest absolute Gasteiger partial charge is 0.504 e. The summed E-state index contributed by atoms with van der Waals surface area (Å²) in [5.74, 6) is 1.72. The molecule has 3 rings (SSSR count).